The van der Waals surface area contributed by atoms with E-state index in [1.54, 1.807) is 25.3 Å². The first-order valence-electron chi connectivity index (χ1n) is 8.87. The zero-order valence-electron chi connectivity index (χ0n) is 16.2. The third kappa shape index (κ3) is 5.06. The van der Waals surface area contributed by atoms with Crippen LogP contribution in [0.25, 0.3) is 0 Å². The fourth-order valence-electron chi connectivity index (χ4n) is 2.88. The monoisotopic (exact) mass is 374 g/mol. The van der Waals surface area contributed by atoms with E-state index < -0.39 is 11.9 Å². The number of hydrogen-bond donors (Lipinski definition) is 1. The van der Waals surface area contributed by atoms with Crippen LogP contribution < -0.4 is 18.9 Å². The van der Waals surface area contributed by atoms with E-state index in [2.05, 4.69) is 0 Å². The summed E-state index contributed by atoms with van der Waals surface area (Å²) in [4.78, 5) is 11.9. The van der Waals surface area contributed by atoms with Crippen molar-refractivity contribution in [2.24, 2.45) is 0 Å². The summed E-state index contributed by atoms with van der Waals surface area (Å²) < 4.78 is 21.7. The molecule has 0 fully saturated rings. The van der Waals surface area contributed by atoms with E-state index >= 15 is 0 Å². The Hall–Kier alpha value is -2.89. The zero-order valence-corrected chi connectivity index (χ0v) is 16.2. The summed E-state index contributed by atoms with van der Waals surface area (Å²) in [6.45, 7) is 4.83. The fraction of sp³-hybridized carbons (Fsp3) is 0.381. The van der Waals surface area contributed by atoms with Crippen LogP contribution in [-0.2, 0) is 11.2 Å². The highest BCUT2D eigenvalue weighted by molar-refractivity contribution is 5.77. The smallest absolute Gasteiger partial charge is 0.311 e. The van der Waals surface area contributed by atoms with Crippen molar-refractivity contribution >= 4 is 5.97 Å². The summed E-state index contributed by atoms with van der Waals surface area (Å²) >= 11 is 0. The summed E-state index contributed by atoms with van der Waals surface area (Å²) in [7, 11) is 3.07. The highest BCUT2D eigenvalue weighted by Gasteiger charge is 2.23. The lowest BCUT2D eigenvalue weighted by Crippen LogP contribution is -2.15. The molecule has 6 nitrogen and oxygen atoms in total. The third-order valence-electron chi connectivity index (χ3n) is 4.16. The van der Waals surface area contributed by atoms with Gasteiger partial charge in [0.15, 0.2) is 23.0 Å². The van der Waals surface area contributed by atoms with Crippen LogP contribution in [0.1, 0.15) is 30.9 Å². The van der Waals surface area contributed by atoms with Gasteiger partial charge in [0.1, 0.15) is 0 Å². The Morgan fingerprint density at radius 1 is 0.889 bits per heavy atom. The largest absolute Gasteiger partial charge is 0.493 e. The van der Waals surface area contributed by atoms with Crippen LogP contribution in [0.4, 0.5) is 0 Å². The lowest BCUT2D eigenvalue weighted by atomic mass is 9.91. The van der Waals surface area contributed by atoms with Crippen LogP contribution in [0.5, 0.6) is 23.0 Å². The Balaban J connectivity index is 2.33. The van der Waals surface area contributed by atoms with Gasteiger partial charge in [0, 0.05) is 0 Å². The average molecular weight is 374 g/mol. The Bertz CT molecular complexity index is 771. The molecule has 0 aliphatic carbocycles. The molecule has 1 unspecified atom stereocenters. The maximum atomic E-state index is 11.9. The molecule has 1 atom stereocenters. The van der Waals surface area contributed by atoms with Gasteiger partial charge in [0.25, 0.3) is 0 Å². The number of rotatable bonds is 10. The molecule has 6 heteroatoms. The number of methoxy groups -OCH3 is 2. The van der Waals surface area contributed by atoms with E-state index in [4.69, 9.17) is 18.9 Å². The van der Waals surface area contributed by atoms with E-state index in [0.717, 1.165) is 5.56 Å². The number of carboxylic acid groups (broad SMARTS) is 1. The predicted octanol–water partition coefficient (Wildman–Crippen LogP) is 3.91. The molecule has 27 heavy (non-hydrogen) atoms. The molecule has 2 aromatic carbocycles. The van der Waals surface area contributed by atoms with Crippen molar-refractivity contribution in [3.63, 3.8) is 0 Å². The van der Waals surface area contributed by atoms with Crippen molar-refractivity contribution in [2.75, 3.05) is 27.4 Å². The Kier molecular flexibility index (Phi) is 7.34. The average Bonchev–Trinajstić information content (AvgIpc) is 2.67. The van der Waals surface area contributed by atoms with Crippen LogP contribution >= 0.6 is 0 Å². The van der Waals surface area contributed by atoms with Crippen LogP contribution in [0.2, 0.25) is 0 Å². The van der Waals surface area contributed by atoms with Crippen molar-refractivity contribution in [1.29, 1.82) is 0 Å². The van der Waals surface area contributed by atoms with Crippen molar-refractivity contribution in [3.05, 3.63) is 47.5 Å². The van der Waals surface area contributed by atoms with Crippen LogP contribution in [-0.4, -0.2) is 38.5 Å². The van der Waals surface area contributed by atoms with Crippen molar-refractivity contribution in [3.8, 4) is 23.0 Å². The Labute approximate surface area is 159 Å². The van der Waals surface area contributed by atoms with Crippen molar-refractivity contribution in [1.82, 2.24) is 0 Å². The second-order valence-electron chi connectivity index (χ2n) is 5.86. The molecule has 0 aromatic heterocycles. The topological polar surface area (TPSA) is 74.2 Å². The summed E-state index contributed by atoms with van der Waals surface area (Å²) in [5, 5.41) is 9.76. The highest BCUT2D eigenvalue weighted by atomic mass is 16.5. The summed E-state index contributed by atoms with van der Waals surface area (Å²) in [5.41, 5.74) is 1.50. The second-order valence-corrected chi connectivity index (χ2v) is 5.86. The highest BCUT2D eigenvalue weighted by Crippen LogP contribution is 2.34. The number of hydrogen-bond acceptors (Lipinski definition) is 5. The lowest BCUT2D eigenvalue weighted by molar-refractivity contribution is -0.138. The number of carboxylic acids is 1. The van der Waals surface area contributed by atoms with Gasteiger partial charge in [-0.3, -0.25) is 4.79 Å². The van der Waals surface area contributed by atoms with Gasteiger partial charge < -0.3 is 24.1 Å². The van der Waals surface area contributed by atoms with Gasteiger partial charge in [-0.15, -0.1) is 0 Å². The molecule has 146 valence electrons. The molecule has 0 aliphatic rings. The molecule has 0 heterocycles. The van der Waals surface area contributed by atoms with Gasteiger partial charge in [0.2, 0.25) is 0 Å². The molecule has 2 aromatic rings. The van der Waals surface area contributed by atoms with E-state index in [1.165, 1.54) is 7.11 Å². The molecule has 1 N–H and O–H groups in total. The maximum Gasteiger partial charge on any atom is 0.311 e. The molecular formula is C21H26O6. The fourth-order valence-corrected chi connectivity index (χ4v) is 2.88. The van der Waals surface area contributed by atoms with E-state index in [0.29, 0.717) is 48.2 Å². The minimum atomic E-state index is -0.908. The molecule has 0 amide bonds. The number of benzene rings is 2. The Morgan fingerprint density at radius 2 is 1.52 bits per heavy atom. The van der Waals surface area contributed by atoms with Gasteiger partial charge in [-0.2, -0.15) is 0 Å². The molecule has 0 saturated carbocycles. The molecule has 0 bridgehead atoms. The normalized spacial score (nSPS) is 11.6. The van der Waals surface area contributed by atoms with Gasteiger partial charge in [-0.05, 0) is 55.7 Å². The standard InChI is InChI=1S/C21H26O6/c1-5-26-18-9-7-14(12-20(18)27-6-2)11-16(21(22)23)15-8-10-17(24-3)19(13-15)25-4/h7-10,12-13,16H,5-6,11H2,1-4H3,(H,22,23). The molecule has 0 saturated heterocycles. The molecule has 0 spiro atoms. The first kappa shape index (κ1) is 20.4. The zero-order chi connectivity index (χ0) is 19.8. The van der Waals surface area contributed by atoms with Crippen molar-refractivity contribution in [2.45, 2.75) is 26.2 Å². The molecule has 0 aliphatic heterocycles. The lowest BCUT2D eigenvalue weighted by Gasteiger charge is -2.17. The quantitative estimate of drug-likeness (QED) is 0.680. The van der Waals surface area contributed by atoms with Gasteiger partial charge >= 0.3 is 5.97 Å². The first-order valence-corrected chi connectivity index (χ1v) is 8.87. The maximum absolute atomic E-state index is 11.9. The van der Waals surface area contributed by atoms with E-state index in [-0.39, 0.29) is 0 Å². The van der Waals surface area contributed by atoms with Gasteiger partial charge in [-0.1, -0.05) is 12.1 Å². The van der Waals surface area contributed by atoms with Crippen LogP contribution in [0.3, 0.4) is 0 Å². The van der Waals surface area contributed by atoms with Gasteiger partial charge in [0.05, 0.1) is 33.4 Å². The first-order chi connectivity index (χ1) is 13.0. The number of aliphatic carboxylic acids is 1. The number of ether oxygens (including phenoxy) is 4. The Morgan fingerprint density at radius 3 is 2.11 bits per heavy atom. The van der Waals surface area contributed by atoms with Crippen LogP contribution in [0, 0.1) is 0 Å². The summed E-state index contributed by atoms with van der Waals surface area (Å²) in [6.07, 6.45) is 0.317. The van der Waals surface area contributed by atoms with Crippen molar-refractivity contribution < 1.29 is 28.8 Å². The summed E-state index contributed by atoms with van der Waals surface area (Å²) in [6, 6.07) is 10.7. The van der Waals surface area contributed by atoms with Gasteiger partial charge in [-0.25, -0.2) is 0 Å². The molecule has 2 rings (SSSR count). The summed E-state index contributed by atoms with van der Waals surface area (Å²) in [5.74, 6) is 0.703. The second kappa shape index (κ2) is 9.71. The number of carbonyl (C=O) groups is 1. The minimum absolute atomic E-state index is 0.317. The predicted molar refractivity (Wildman–Crippen MR) is 102 cm³/mol. The minimum Gasteiger partial charge on any atom is -0.493 e. The van der Waals surface area contributed by atoms with E-state index in [9.17, 15) is 9.90 Å². The van der Waals surface area contributed by atoms with Crippen LogP contribution in [0.15, 0.2) is 36.4 Å². The molecular weight excluding hydrogens is 348 g/mol. The third-order valence-corrected chi connectivity index (χ3v) is 4.16. The SMILES string of the molecule is CCOc1ccc(CC(C(=O)O)c2ccc(OC)c(OC)c2)cc1OCC. The van der Waals surface area contributed by atoms with E-state index in [1.807, 2.05) is 32.0 Å². The molecule has 0 radical (unpaired) electrons.